The van der Waals surface area contributed by atoms with E-state index in [2.05, 4.69) is 63.0 Å². The van der Waals surface area contributed by atoms with Gasteiger partial charge in [-0.25, -0.2) is 0 Å². The minimum Gasteiger partial charge on any atom is -0.495 e. The third-order valence-corrected chi connectivity index (χ3v) is 4.70. The minimum absolute atomic E-state index is 0.147. The molecule has 1 atom stereocenters. The van der Waals surface area contributed by atoms with Crippen molar-refractivity contribution in [2.24, 2.45) is 0 Å². The van der Waals surface area contributed by atoms with Crippen molar-refractivity contribution in [2.75, 3.05) is 7.11 Å². The number of hydrogen-bond donors (Lipinski definition) is 0. The Labute approximate surface area is 141 Å². The summed E-state index contributed by atoms with van der Waals surface area (Å²) in [6.07, 6.45) is 0.880. The third kappa shape index (κ3) is 3.78. The molecule has 4 heteroatoms. The number of methoxy groups -OCH3 is 1. The van der Waals surface area contributed by atoms with Gasteiger partial charge in [-0.1, -0.05) is 57.4 Å². The van der Waals surface area contributed by atoms with Crippen molar-refractivity contribution in [1.29, 1.82) is 0 Å². The van der Waals surface area contributed by atoms with Crippen molar-refractivity contribution in [1.82, 2.24) is 0 Å². The Balaban J connectivity index is 2.31. The minimum atomic E-state index is 0.147. The summed E-state index contributed by atoms with van der Waals surface area (Å²) < 4.78 is 6.35. The second kappa shape index (κ2) is 6.97. The molecule has 0 N–H and O–H groups in total. The Kier molecular flexibility index (Phi) is 5.53. The zero-order valence-corrected chi connectivity index (χ0v) is 15.2. The highest BCUT2D eigenvalue weighted by atomic mass is 79.9. The molecule has 1 nitrogen and oxygen atoms in total. The molecule has 20 heavy (non-hydrogen) atoms. The van der Waals surface area contributed by atoms with E-state index in [-0.39, 0.29) is 4.83 Å². The first kappa shape index (κ1) is 15.9. The van der Waals surface area contributed by atoms with E-state index in [1.54, 1.807) is 7.11 Å². The first-order chi connectivity index (χ1) is 9.51. The van der Waals surface area contributed by atoms with Gasteiger partial charge in [-0.3, -0.25) is 0 Å². The lowest BCUT2D eigenvalue weighted by molar-refractivity contribution is 0.407. The number of ether oxygens (including phenoxy) is 1. The van der Waals surface area contributed by atoms with E-state index in [1.807, 2.05) is 12.1 Å². The van der Waals surface area contributed by atoms with Crippen LogP contribution in [-0.4, -0.2) is 7.11 Å². The van der Waals surface area contributed by atoms with Gasteiger partial charge in [0, 0.05) is 15.4 Å². The monoisotopic (exact) mass is 416 g/mol. The molecule has 2 aromatic rings. The van der Waals surface area contributed by atoms with Gasteiger partial charge in [-0.05, 0) is 47.0 Å². The second-order valence-electron chi connectivity index (χ2n) is 4.67. The van der Waals surface area contributed by atoms with Crippen LogP contribution in [0.2, 0.25) is 5.02 Å². The maximum Gasteiger partial charge on any atom is 0.137 e. The van der Waals surface area contributed by atoms with Crippen molar-refractivity contribution in [3.8, 4) is 5.75 Å². The van der Waals surface area contributed by atoms with Gasteiger partial charge in [0.15, 0.2) is 0 Å². The van der Waals surface area contributed by atoms with Gasteiger partial charge in [-0.2, -0.15) is 0 Å². The van der Waals surface area contributed by atoms with E-state index in [0.717, 1.165) is 22.2 Å². The van der Waals surface area contributed by atoms with Crippen LogP contribution in [0.1, 0.15) is 21.5 Å². The van der Waals surface area contributed by atoms with Crippen molar-refractivity contribution in [2.45, 2.75) is 18.2 Å². The van der Waals surface area contributed by atoms with Crippen LogP contribution in [0, 0.1) is 6.92 Å². The number of alkyl halides is 1. The predicted octanol–water partition coefficient (Wildman–Crippen LogP) is 6.10. The molecule has 0 radical (unpaired) electrons. The summed E-state index contributed by atoms with van der Waals surface area (Å²) in [5.74, 6) is 0.823. The van der Waals surface area contributed by atoms with E-state index in [9.17, 15) is 0 Å². The number of rotatable bonds is 4. The average Bonchev–Trinajstić information content (AvgIpc) is 2.37. The third-order valence-electron chi connectivity index (χ3n) is 3.08. The highest BCUT2D eigenvalue weighted by Gasteiger charge is 2.17. The topological polar surface area (TPSA) is 9.23 Å². The molecule has 0 saturated carbocycles. The maximum absolute atomic E-state index is 6.14. The smallest absolute Gasteiger partial charge is 0.137 e. The Hall–Kier alpha value is -0.510. The number of halogens is 3. The van der Waals surface area contributed by atoms with Crippen molar-refractivity contribution in [3.63, 3.8) is 0 Å². The highest BCUT2D eigenvalue weighted by molar-refractivity contribution is 9.10. The van der Waals surface area contributed by atoms with Crippen molar-refractivity contribution < 1.29 is 4.74 Å². The molecule has 0 bridgehead atoms. The lowest BCUT2D eigenvalue weighted by atomic mass is 10.0. The molecule has 0 amide bonds. The van der Waals surface area contributed by atoms with E-state index in [0.29, 0.717) is 5.02 Å². The van der Waals surface area contributed by atoms with Gasteiger partial charge in [0.25, 0.3) is 0 Å². The first-order valence-corrected chi connectivity index (χ1v) is 8.32. The molecule has 0 aliphatic carbocycles. The van der Waals surface area contributed by atoms with E-state index in [4.69, 9.17) is 16.3 Å². The van der Waals surface area contributed by atoms with Crippen LogP contribution in [-0.2, 0) is 6.42 Å². The van der Waals surface area contributed by atoms with Crippen LogP contribution in [0.15, 0.2) is 40.9 Å². The van der Waals surface area contributed by atoms with Gasteiger partial charge < -0.3 is 4.74 Å². The molecule has 2 aromatic carbocycles. The fraction of sp³-hybridized carbons (Fsp3) is 0.250. The standard InChI is InChI=1S/C16H15Br2ClO/c1-10-4-3-5-11(6-10)7-14(17)13-8-12(19)9-15(18)16(13)20-2/h3-6,8-9,14H,7H2,1-2H3. The lowest BCUT2D eigenvalue weighted by Crippen LogP contribution is -2.00. The van der Waals surface area contributed by atoms with Crippen molar-refractivity contribution in [3.05, 3.63) is 62.6 Å². The Morgan fingerprint density at radius 3 is 2.65 bits per heavy atom. The molecule has 106 valence electrons. The van der Waals surface area contributed by atoms with E-state index >= 15 is 0 Å². The van der Waals surface area contributed by atoms with Gasteiger partial charge in [0.1, 0.15) is 5.75 Å². The van der Waals surface area contributed by atoms with Crippen LogP contribution >= 0.6 is 43.5 Å². The second-order valence-corrected chi connectivity index (χ2v) is 7.07. The zero-order valence-electron chi connectivity index (χ0n) is 11.3. The van der Waals surface area contributed by atoms with Crippen LogP contribution < -0.4 is 4.74 Å². The zero-order chi connectivity index (χ0) is 14.7. The predicted molar refractivity (Wildman–Crippen MR) is 92.3 cm³/mol. The molecule has 0 fully saturated rings. The SMILES string of the molecule is COc1c(Br)cc(Cl)cc1C(Br)Cc1cccc(C)c1. The summed E-state index contributed by atoms with van der Waals surface area (Å²) in [5, 5.41) is 0.696. The molecular weight excluding hydrogens is 403 g/mol. The lowest BCUT2D eigenvalue weighted by Gasteiger charge is -2.16. The molecule has 0 aromatic heterocycles. The maximum atomic E-state index is 6.14. The summed E-state index contributed by atoms with van der Waals surface area (Å²) in [7, 11) is 1.67. The normalized spacial score (nSPS) is 12.2. The highest BCUT2D eigenvalue weighted by Crippen LogP contribution is 2.40. The average molecular weight is 419 g/mol. The first-order valence-electron chi connectivity index (χ1n) is 6.24. The summed E-state index contributed by atoms with van der Waals surface area (Å²) in [6, 6.07) is 12.3. The molecular formula is C16H15Br2ClO. The summed E-state index contributed by atoms with van der Waals surface area (Å²) in [4.78, 5) is 0.147. The van der Waals surface area contributed by atoms with Gasteiger partial charge in [0.2, 0.25) is 0 Å². The number of benzene rings is 2. The Morgan fingerprint density at radius 2 is 2.00 bits per heavy atom. The summed E-state index contributed by atoms with van der Waals surface area (Å²) >= 11 is 13.4. The Morgan fingerprint density at radius 1 is 1.25 bits per heavy atom. The number of hydrogen-bond acceptors (Lipinski definition) is 1. The fourth-order valence-electron chi connectivity index (χ4n) is 2.18. The quantitative estimate of drug-likeness (QED) is 0.545. The van der Waals surface area contributed by atoms with Crippen LogP contribution in [0.5, 0.6) is 5.75 Å². The summed E-state index contributed by atoms with van der Waals surface area (Å²) in [5.41, 5.74) is 3.60. The molecule has 1 unspecified atom stereocenters. The molecule has 0 spiro atoms. The molecule has 0 heterocycles. The Bertz CT molecular complexity index is 613. The van der Waals surface area contributed by atoms with Crippen LogP contribution in [0.3, 0.4) is 0 Å². The summed E-state index contributed by atoms with van der Waals surface area (Å²) in [6.45, 7) is 2.10. The van der Waals surface area contributed by atoms with Gasteiger partial charge >= 0.3 is 0 Å². The van der Waals surface area contributed by atoms with Crippen LogP contribution in [0.4, 0.5) is 0 Å². The van der Waals surface area contributed by atoms with Crippen molar-refractivity contribution >= 4 is 43.5 Å². The van der Waals surface area contributed by atoms with E-state index < -0.39 is 0 Å². The molecule has 0 saturated heterocycles. The fourth-order valence-corrected chi connectivity index (χ4v) is 3.89. The van der Waals surface area contributed by atoms with Gasteiger partial charge in [0.05, 0.1) is 11.6 Å². The molecule has 0 aliphatic heterocycles. The van der Waals surface area contributed by atoms with Gasteiger partial charge in [-0.15, -0.1) is 0 Å². The largest absolute Gasteiger partial charge is 0.495 e. The number of aryl methyl sites for hydroxylation is 1. The molecule has 2 rings (SSSR count). The van der Waals surface area contributed by atoms with E-state index in [1.165, 1.54) is 11.1 Å². The van der Waals surface area contributed by atoms with Crippen LogP contribution in [0.25, 0.3) is 0 Å². The molecule has 0 aliphatic rings.